The second-order valence-corrected chi connectivity index (χ2v) is 6.30. The van der Waals surface area contributed by atoms with Crippen LogP contribution < -0.4 is 5.32 Å². The number of rotatable bonds is 6. The van der Waals surface area contributed by atoms with E-state index in [4.69, 9.17) is 5.11 Å². The lowest BCUT2D eigenvalue weighted by Crippen LogP contribution is -2.35. The Balaban J connectivity index is 1.81. The summed E-state index contributed by atoms with van der Waals surface area (Å²) in [6, 6.07) is 7.48. The van der Waals surface area contributed by atoms with E-state index in [1.807, 2.05) is 24.3 Å². The molecule has 0 unspecified atom stereocenters. The molecule has 1 saturated carbocycles. The molecular formula is C17H21N3O3. The van der Waals surface area contributed by atoms with Crippen molar-refractivity contribution >= 4 is 22.9 Å². The van der Waals surface area contributed by atoms with E-state index in [0.717, 1.165) is 23.3 Å². The van der Waals surface area contributed by atoms with Crippen LogP contribution in [0.15, 0.2) is 24.3 Å². The third-order valence-corrected chi connectivity index (χ3v) is 4.66. The molecule has 23 heavy (non-hydrogen) atoms. The standard InChI is InChI=1S/C17H21N3O3/c1-3-9(2)14(20-16(21)10-8-11(10)17(22)23)15-18-12-6-4-5-7-13(12)19-15/h4-7,9-11,14H,3,8H2,1-2H3,(H,18,19)(H,20,21)(H,22,23)/t9-,10+,11+,14-/m0/s1. The molecule has 0 radical (unpaired) electrons. The summed E-state index contributed by atoms with van der Waals surface area (Å²) in [5, 5.41) is 12.0. The van der Waals surface area contributed by atoms with Gasteiger partial charge in [0.15, 0.2) is 0 Å². The van der Waals surface area contributed by atoms with Crippen LogP contribution in [0.2, 0.25) is 0 Å². The SMILES string of the molecule is CC[C@H](C)[C@H](NC(=O)[C@@H]1C[C@H]1C(=O)O)c1nc2ccccc2[nH]1. The van der Waals surface area contributed by atoms with E-state index in [9.17, 15) is 9.59 Å². The van der Waals surface area contributed by atoms with Crippen molar-refractivity contribution in [3.05, 3.63) is 30.1 Å². The summed E-state index contributed by atoms with van der Waals surface area (Å²) < 4.78 is 0. The number of nitrogens with one attached hydrogen (secondary N) is 2. The van der Waals surface area contributed by atoms with Crippen molar-refractivity contribution in [3.63, 3.8) is 0 Å². The molecular weight excluding hydrogens is 294 g/mol. The van der Waals surface area contributed by atoms with Gasteiger partial charge in [0, 0.05) is 0 Å². The molecule has 1 aliphatic carbocycles. The molecule has 1 aromatic carbocycles. The lowest BCUT2D eigenvalue weighted by Gasteiger charge is -2.22. The predicted octanol–water partition coefficient (Wildman–Crippen LogP) is 2.49. The number of fused-ring (bicyclic) bond motifs is 1. The molecule has 1 aromatic heterocycles. The van der Waals surface area contributed by atoms with Crippen LogP contribution in [0.25, 0.3) is 11.0 Å². The normalized spacial score (nSPS) is 22.5. The average molecular weight is 315 g/mol. The summed E-state index contributed by atoms with van der Waals surface area (Å²) >= 11 is 0. The van der Waals surface area contributed by atoms with Gasteiger partial charge in [-0.2, -0.15) is 0 Å². The fourth-order valence-corrected chi connectivity index (χ4v) is 2.85. The summed E-state index contributed by atoms with van der Waals surface area (Å²) in [6.07, 6.45) is 1.31. The van der Waals surface area contributed by atoms with Gasteiger partial charge in [-0.1, -0.05) is 32.4 Å². The second kappa shape index (κ2) is 6.02. The number of para-hydroxylation sites is 2. The van der Waals surface area contributed by atoms with E-state index >= 15 is 0 Å². The number of benzene rings is 1. The van der Waals surface area contributed by atoms with Gasteiger partial charge < -0.3 is 15.4 Å². The van der Waals surface area contributed by atoms with Crippen LogP contribution in [-0.4, -0.2) is 27.0 Å². The highest BCUT2D eigenvalue weighted by atomic mass is 16.4. The third kappa shape index (κ3) is 3.06. The molecule has 0 spiro atoms. The van der Waals surface area contributed by atoms with Gasteiger partial charge in [-0.05, 0) is 24.5 Å². The molecule has 1 fully saturated rings. The Bertz CT molecular complexity index is 707. The topological polar surface area (TPSA) is 95.1 Å². The fourth-order valence-electron chi connectivity index (χ4n) is 2.85. The van der Waals surface area contributed by atoms with Gasteiger partial charge in [-0.15, -0.1) is 0 Å². The molecule has 4 atom stereocenters. The molecule has 1 amide bonds. The quantitative estimate of drug-likeness (QED) is 0.763. The number of carboxylic acid groups (broad SMARTS) is 1. The number of nitrogens with zero attached hydrogens (tertiary/aromatic N) is 1. The minimum atomic E-state index is -0.894. The summed E-state index contributed by atoms with van der Waals surface area (Å²) in [7, 11) is 0. The number of aromatic nitrogens is 2. The molecule has 2 aromatic rings. The van der Waals surface area contributed by atoms with E-state index in [-0.39, 0.29) is 17.9 Å². The van der Waals surface area contributed by atoms with E-state index in [2.05, 4.69) is 29.1 Å². The first-order valence-electron chi connectivity index (χ1n) is 7.99. The first-order chi connectivity index (χ1) is 11.0. The van der Waals surface area contributed by atoms with E-state index in [1.54, 1.807) is 0 Å². The van der Waals surface area contributed by atoms with Crippen molar-refractivity contribution in [1.82, 2.24) is 15.3 Å². The lowest BCUT2D eigenvalue weighted by atomic mass is 9.98. The second-order valence-electron chi connectivity index (χ2n) is 6.30. The van der Waals surface area contributed by atoms with Crippen molar-refractivity contribution in [2.24, 2.45) is 17.8 Å². The molecule has 0 aliphatic heterocycles. The molecule has 0 saturated heterocycles. The number of carbonyl (C=O) groups is 2. The molecule has 0 bridgehead atoms. The maximum Gasteiger partial charge on any atom is 0.307 e. The minimum absolute atomic E-state index is 0.192. The highest BCUT2D eigenvalue weighted by Crippen LogP contribution is 2.39. The fraction of sp³-hybridized carbons (Fsp3) is 0.471. The summed E-state index contributed by atoms with van der Waals surface area (Å²) in [5.74, 6) is -1.12. The number of amides is 1. The number of aromatic amines is 1. The van der Waals surface area contributed by atoms with Gasteiger partial charge in [0.25, 0.3) is 0 Å². The maximum absolute atomic E-state index is 12.3. The van der Waals surface area contributed by atoms with E-state index in [1.165, 1.54) is 0 Å². The van der Waals surface area contributed by atoms with Crippen LogP contribution in [0.3, 0.4) is 0 Å². The zero-order valence-electron chi connectivity index (χ0n) is 13.2. The van der Waals surface area contributed by atoms with Crippen LogP contribution in [-0.2, 0) is 9.59 Å². The highest BCUT2D eigenvalue weighted by molar-refractivity contribution is 5.89. The molecule has 1 heterocycles. The Kier molecular flexibility index (Phi) is 4.07. The summed E-state index contributed by atoms with van der Waals surface area (Å²) in [6.45, 7) is 4.11. The Morgan fingerprint density at radius 1 is 1.39 bits per heavy atom. The molecule has 6 heteroatoms. The Labute approximate surface area is 134 Å². The van der Waals surface area contributed by atoms with Crippen LogP contribution >= 0.6 is 0 Å². The van der Waals surface area contributed by atoms with Crippen LogP contribution in [0.4, 0.5) is 0 Å². The first kappa shape index (κ1) is 15.5. The van der Waals surface area contributed by atoms with Crippen molar-refractivity contribution in [2.75, 3.05) is 0 Å². The van der Waals surface area contributed by atoms with E-state index < -0.39 is 17.8 Å². The number of imidazole rings is 1. The minimum Gasteiger partial charge on any atom is -0.481 e. The van der Waals surface area contributed by atoms with Gasteiger partial charge in [0.1, 0.15) is 5.82 Å². The van der Waals surface area contributed by atoms with Gasteiger partial charge in [0.05, 0.1) is 28.9 Å². The first-order valence-corrected chi connectivity index (χ1v) is 7.99. The largest absolute Gasteiger partial charge is 0.481 e. The highest BCUT2D eigenvalue weighted by Gasteiger charge is 2.49. The van der Waals surface area contributed by atoms with Crippen molar-refractivity contribution in [2.45, 2.75) is 32.7 Å². The number of carbonyl (C=O) groups excluding carboxylic acids is 1. The number of hydrogen-bond acceptors (Lipinski definition) is 3. The number of hydrogen-bond donors (Lipinski definition) is 3. The Hall–Kier alpha value is -2.37. The smallest absolute Gasteiger partial charge is 0.307 e. The van der Waals surface area contributed by atoms with Gasteiger partial charge in [-0.25, -0.2) is 4.98 Å². The van der Waals surface area contributed by atoms with Crippen molar-refractivity contribution in [1.29, 1.82) is 0 Å². The van der Waals surface area contributed by atoms with Gasteiger partial charge >= 0.3 is 5.97 Å². The monoisotopic (exact) mass is 315 g/mol. The van der Waals surface area contributed by atoms with Crippen molar-refractivity contribution in [3.8, 4) is 0 Å². The predicted molar refractivity (Wildman–Crippen MR) is 85.7 cm³/mol. The average Bonchev–Trinajstić information content (AvgIpc) is 3.24. The molecule has 3 N–H and O–H groups in total. The zero-order valence-corrected chi connectivity index (χ0v) is 13.2. The summed E-state index contributed by atoms with van der Waals surface area (Å²) in [4.78, 5) is 31.1. The molecule has 6 nitrogen and oxygen atoms in total. The Morgan fingerprint density at radius 3 is 2.74 bits per heavy atom. The van der Waals surface area contributed by atoms with E-state index in [0.29, 0.717) is 6.42 Å². The van der Waals surface area contributed by atoms with Crippen LogP contribution in [0, 0.1) is 17.8 Å². The Morgan fingerprint density at radius 2 is 2.13 bits per heavy atom. The maximum atomic E-state index is 12.3. The zero-order chi connectivity index (χ0) is 16.6. The molecule has 1 aliphatic rings. The number of H-pyrrole nitrogens is 1. The van der Waals surface area contributed by atoms with Gasteiger partial charge in [0.2, 0.25) is 5.91 Å². The van der Waals surface area contributed by atoms with Crippen molar-refractivity contribution < 1.29 is 14.7 Å². The summed E-state index contributed by atoms with van der Waals surface area (Å²) in [5.41, 5.74) is 1.79. The number of aliphatic carboxylic acids is 1. The lowest BCUT2D eigenvalue weighted by molar-refractivity contribution is -0.140. The van der Waals surface area contributed by atoms with Crippen LogP contribution in [0.1, 0.15) is 38.6 Å². The van der Waals surface area contributed by atoms with Gasteiger partial charge in [-0.3, -0.25) is 9.59 Å². The van der Waals surface area contributed by atoms with Crippen LogP contribution in [0.5, 0.6) is 0 Å². The molecule has 3 rings (SSSR count). The third-order valence-electron chi connectivity index (χ3n) is 4.66. The molecule has 122 valence electrons. The number of carboxylic acids is 1.